The maximum atomic E-state index is 12.0. The molecular formula is C12H15N3O2. The van der Waals surface area contributed by atoms with E-state index in [-0.39, 0.29) is 29.5 Å². The summed E-state index contributed by atoms with van der Waals surface area (Å²) < 4.78 is 1.36. The molecule has 1 aromatic rings. The van der Waals surface area contributed by atoms with Crippen molar-refractivity contribution in [3.8, 4) is 6.07 Å². The zero-order valence-corrected chi connectivity index (χ0v) is 10.2. The smallest absolute Gasteiger partial charge is 0.263 e. The Hall–Kier alpha value is -2.09. The fourth-order valence-corrected chi connectivity index (χ4v) is 1.42. The molecule has 0 fully saturated rings. The molecule has 0 spiro atoms. The van der Waals surface area contributed by atoms with E-state index < -0.39 is 0 Å². The molecule has 0 N–H and O–H groups in total. The van der Waals surface area contributed by atoms with Gasteiger partial charge in [-0.3, -0.25) is 9.59 Å². The second-order valence-corrected chi connectivity index (χ2v) is 3.97. The quantitative estimate of drug-likeness (QED) is 0.774. The average Bonchev–Trinajstić information content (AvgIpc) is 2.31. The van der Waals surface area contributed by atoms with Gasteiger partial charge in [0, 0.05) is 26.3 Å². The highest BCUT2D eigenvalue weighted by Crippen LogP contribution is 2.05. The number of aryl methyl sites for hydroxylation is 1. The van der Waals surface area contributed by atoms with Gasteiger partial charge in [0.05, 0.1) is 12.5 Å². The van der Waals surface area contributed by atoms with Crippen molar-refractivity contribution in [3.63, 3.8) is 0 Å². The predicted molar refractivity (Wildman–Crippen MR) is 63.5 cm³/mol. The largest absolute Gasteiger partial charge is 0.338 e. The van der Waals surface area contributed by atoms with Crippen LogP contribution in [0.4, 0.5) is 0 Å². The second-order valence-electron chi connectivity index (χ2n) is 3.97. The lowest BCUT2D eigenvalue weighted by atomic mass is 10.2. The molecule has 1 unspecified atom stereocenters. The molecule has 1 aromatic heterocycles. The Labute approximate surface area is 99.9 Å². The van der Waals surface area contributed by atoms with Crippen LogP contribution in [0.1, 0.15) is 23.7 Å². The highest BCUT2D eigenvalue weighted by molar-refractivity contribution is 5.93. The van der Waals surface area contributed by atoms with Crippen molar-refractivity contribution in [1.82, 2.24) is 9.47 Å². The molecule has 5 heteroatoms. The zero-order valence-electron chi connectivity index (χ0n) is 10.2. The van der Waals surface area contributed by atoms with Gasteiger partial charge in [0.15, 0.2) is 0 Å². The van der Waals surface area contributed by atoms with Crippen LogP contribution >= 0.6 is 0 Å². The van der Waals surface area contributed by atoms with Crippen LogP contribution in [0.2, 0.25) is 0 Å². The Kier molecular flexibility index (Phi) is 4.05. The third-order valence-electron chi connectivity index (χ3n) is 2.72. The van der Waals surface area contributed by atoms with Crippen molar-refractivity contribution >= 4 is 5.91 Å². The first-order valence-corrected chi connectivity index (χ1v) is 5.28. The summed E-state index contributed by atoms with van der Waals surface area (Å²) in [6, 6.07) is 4.94. The maximum absolute atomic E-state index is 12.0. The third kappa shape index (κ3) is 2.72. The minimum Gasteiger partial charge on any atom is -0.338 e. The number of nitriles is 1. The summed E-state index contributed by atoms with van der Waals surface area (Å²) in [5.74, 6) is -0.353. The van der Waals surface area contributed by atoms with E-state index >= 15 is 0 Å². The first-order chi connectivity index (χ1) is 7.99. The zero-order chi connectivity index (χ0) is 13.0. The molecule has 1 amide bonds. The summed E-state index contributed by atoms with van der Waals surface area (Å²) in [5.41, 5.74) is -0.198. The van der Waals surface area contributed by atoms with E-state index in [1.54, 1.807) is 33.3 Å². The Morgan fingerprint density at radius 3 is 2.88 bits per heavy atom. The Morgan fingerprint density at radius 1 is 1.65 bits per heavy atom. The van der Waals surface area contributed by atoms with E-state index in [0.717, 1.165) is 0 Å². The summed E-state index contributed by atoms with van der Waals surface area (Å²) >= 11 is 0. The first kappa shape index (κ1) is 13.0. The monoisotopic (exact) mass is 233 g/mol. The van der Waals surface area contributed by atoms with Crippen molar-refractivity contribution in [2.24, 2.45) is 7.05 Å². The van der Waals surface area contributed by atoms with Crippen LogP contribution in [0.15, 0.2) is 23.1 Å². The van der Waals surface area contributed by atoms with Crippen LogP contribution in [0, 0.1) is 11.3 Å². The molecule has 1 heterocycles. The van der Waals surface area contributed by atoms with Crippen molar-refractivity contribution in [1.29, 1.82) is 5.26 Å². The fraction of sp³-hybridized carbons (Fsp3) is 0.417. The van der Waals surface area contributed by atoms with Gasteiger partial charge in [-0.2, -0.15) is 5.26 Å². The standard InChI is InChI=1S/C12H15N3O2/c1-9(6-7-13)15(3)12(17)10-5-4-8-14(2)11(10)16/h4-5,8-9H,6H2,1-3H3. The van der Waals surface area contributed by atoms with E-state index in [1.165, 1.54) is 15.5 Å². The SMILES string of the molecule is CC(CC#N)N(C)C(=O)c1cccn(C)c1=O. The van der Waals surface area contributed by atoms with Gasteiger partial charge in [-0.1, -0.05) is 0 Å². The summed E-state index contributed by atoms with van der Waals surface area (Å²) in [7, 11) is 3.19. The molecule has 0 aliphatic rings. The van der Waals surface area contributed by atoms with Gasteiger partial charge in [0.25, 0.3) is 11.5 Å². The number of hydrogen-bond donors (Lipinski definition) is 0. The summed E-state index contributed by atoms with van der Waals surface area (Å²) in [5, 5.41) is 8.58. The molecule has 1 atom stereocenters. The van der Waals surface area contributed by atoms with Crippen LogP contribution in [-0.2, 0) is 7.05 Å². The number of rotatable bonds is 3. The van der Waals surface area contributed by atoms with E-state index in [9.17, 15) is 9.59 Å². The minimum atomic E-state index is -0.353. The normalized spacial score (nSPS) is 11.6. The molecule has 1 rings (SSSR count). The van der Waals surface area contributed by atoms with Gasteiger partial charge in [-0.15, -0.1) is 0 Å². The summed E-state index contributed by atoms with van der Waals surface area (Å²) in [6.45, 7) is 1.77. The van der Waals surface area contributed by atoms with Gasteiger partial charge in [0.2, 0.25) is 0 Å². The number of aromatic nitrogens is 1. The lowest BCUT2D eigenvalue weighted by molar-refractivity contribution is 0.0744. The van der Waals surface area contributed by atoms with Crippen molar-refractivity contribution in [2.75, 3.05) is 7.05 Å². The molecule has 5 nitrogen and oxygen atoms in total. The van der Waals surface area contributed by atoms with Gasteiger partial charge in [0.1, 0.15) is 5.56 Å². The summed E-state index contributed by atoms with van der Waals surface area (Å²) in [6.07, 6.45) is 1.84. The molecule has 0 aliphatic carbocycles. The minimum absolute atomic E-state index is 0.127. The molecule has 0 saturated carbocycles. The van der Waals surface area contributed by atoms with E-state index in [0.29, 0.717) is 0 Å². The third-order valence-corrected chi connectivity index (χ3v) is 2.72. The predicted octanol–water partition coefficient (Wildman–Crippen LogP) is 0.759. The molecular weight excluding hydrogens is 218 g/mol. The van der Waals surface area contributed by atoms with Crippen LogP contribution in [0.3, 0.4) is 0 Å². The van der Waals surface area contributed by atoms with Crippen molar-refractivity contribution in [3.05, 3.63) is 34.2 Å². The molecule has 17 heavy (non-hydrogen) atoms. The lowest BCUT2D eigenvalue weighted by Crippen LogP contribution is -2.38. The van der Waals surface area contributed by atoms with Crippen molar-refractivity contribution < 1.29 is 4.79 Å². The highest BCUT2D eigenvalue weighted by atomic mass is 16.2. The number of nitrogens with zero attached hydrogens (tertiary/aromatic N) is 3. The van der Waals surface area contributed by atoms with Gasteiger partial charge < -0.3 is 9.47 Å². The molecule has 90 valence electrons. The van der Waals surface area contributed by atoms with Gasteiger partial charge in [-0.05, 0) is 19.1 Å². The van der Waals surface area contributed by atoms with Crippen LogP contribution in [-0.4, -0.2) is 28.5 Å². The van der Waals surface area contributed by atoms with Crippen LogP contribution < -0.4 is 5.56 Å². The molecule has 0 aliphatic heterocycles. The van der Waals surface area contributed by atoms with Crippen molar-refractivity contribution in [2.45, 2.75) is 19.4 Å². The molecule has 0 bridgehead atoms. The second kappa shape index (κ2) is 5.30. The van der Waals surface area contributed by atoms with E-state index in [2.05, 4.69) is 0 Å². The van der Waals surface area contributed by atoms with E-state index in [1.807, 2.05) is 6.07 Å². The first-order valence-electron chi connectivity index (χ1n) is 5.28. The van der Waals surface area contributed by atoms with E-state index in [4.69, 9.17) is 5.26 Å². The highest BCUT2D eigenvalue weighted by Gasteiger charge is 2.19. The Balaban J connectivity index is 3.02. The molecule has 0 radical (unpaired) electrons. The number of carbonyl (C=O) groups excluding carboxylic acids is 1. The number of pyridine rings is 1. The van der Waals surface area contributed by atoms with Crippen LogP contribution in [0.25, 0.3) is 0 Å². The molecule has 0 aromatic carbocycles. The Bertz CT molecular complexity index is 513. The molecule has 0 saturated heterocycles. The number of carbonyl (C=O) groups is 1. The lowest BCUT2D eigenvalue weighted by Gasteiger charge is -2.22. The number of hydrogen-bond acceptors (Lipinski definition) is 3. The summed E-state index contributed by atoms with van der Waals surface area (Å²) in [4.78, 5) is 25.2. The van der Waals surface area contributed by atoms with Crippen LogP contribution in [0.5, 0.6) is 0 Å². The number of amides is 1. The topological polar surface area (TPSA) is 66.1 Å². The Morgan fingerprint density at radius 2 is 2.29 bits per heavy atom. The maximum Gasteiger partial charge on any atom is 0.263 e. The fourth-order valence-electron chi connectivity index (χ4n) is 1.42. The van der Waals surface area contributed by atoms with Gasteiger partial charge >= 0.3 is 0 Å². The average molecular weight is 233 g/mol. The van der Waals surface area contributed by atoms with Gasteiger partial charge in [-0.25, -0.2) is 0 Å².